The van der Waals surface area contributed by atoms with Gasteiger partial charge in [0.25, 0.3) is 0 Å². The Hall–Kier alpha value is -1.92. The quantitative estimate of drug-likeness (QED) is 0.842. The van der Waals surface area contributed by atoms with Gasteiger partial charge in [0.15, 0.2) is 9.84 Å². The molecule has 23 heavy (non-hydrogen) atoms. The van der Waals surface area contributed by atoms with Crippen LogP contribution in [0.4, 0.5) is 4.39 Å². The van der Waals surface area contributed by atoms with Gasteiger partial charge in [0.2, 0.25) is 0 Å². The second kappa shape index (κ2) is 7.57. The minimum absolute atomic E-state index is 0.123. The van der Waals surface area contributed by atoms with E-state index in [9.17, 15) is 17.9 Å². The van der Waals surface area contributed by atoms with Crippen LogP contribution in [-0.2, 0) is 15.6 Å². The minimum atomic E-state index is -3.45. The zero-order chi connectivity index (χ0) is 16.9. The zero-order valence-electron chi connectivity index (χ0n) is 12.8. The van der Waals surface area contributed by atoms with E-state index in [4.69, 9.17) is 4.74 Å². The molecule has 0 aliphatic rings. The highest BCUT2D eigenvalue weighted by molar-refractivity contribution is 7.90. The molecule has 0 heterocycles. The first-order valence-corrected chi connectivity index (χ1v) is 8.98. The maximum Gasteiger partial charge on any atom is 0.157 e. The van der Waals surface area contributed by atoms with Gasteiger partial charge in [0.1, 0.15) is 24.3 Å². The molecule has 1 atom stereocenters. The van der Waals surface area contributed by atoms with E-state index in [0.29, 0.717) is 11.3 Å². The Balaban J connectivity index is 1.88. The third kappa shape index (κ3) is 6.00. The lowest BCUT2D eigenvalue weighted by atomic mass is 10.2. The molecule has 0 saturated heterocycles. The lowest BCUT2D eigenvalue weighted by molar-refractivity contribution is 0.125. The summed E-state index contributed by atoms with van der Waals surface area (Å²) in [5, 5.41) is 9.86. The Bertz CT molecular complexity index is 741. The predicted molar refractivity (Wildman–Crippen MR) is 86.6 cm³/mol. The summed E-state index contributed by atoms with van der Waals surface area (Å²) >= 11 is 0. The fraction of sp³-hybridized carbons (Fsp3) is 0.294. The number of halogens is 1. The minimum Gasteiger partial charge on any atom is -0.491 e. The average molecular weight is 338 g/mol. The number of aliphatic hydroxyl groups excluding tert-OH is 1. The molecule has 6 heteroatoms. The van der Waals surface area contributed by atoms with Crippen LogP contribution >= 0.6 is 0 Å². The van der Waals surface area contributed by atoms with Crippen molar-refractivity contribution in [2.24, 2.45) is 0 Å². The van der Waals surface area contributed by atoms with Crippen LogP contribution in [0.3, 0.4) is 0 Å². The van der Waals surface area contributed by atoms with Crippen LogP contribution < -0.4 is 4.74 Å². The van der Waals surface area contributed by atoms with Crippen LogP contribution in [-0.4, -0.2) is 32.0 Å². The monoisotopic (exact) mass is 338 g/mol. The maximum absolute atomic E-state index is 12.8. The fourth-order valence-electron chi connectivity index (χ4n) is 2.18. The first kappa shape index (κ1) is 17.4. The van der Waals surface area contributed by atoms with Crippen LogP contribution in [0.2, 0.25) is 0 Å². The number of hydrogen-bond donors (Lipinski definition) is 1. The SMILES string of the molecule is Cc1cccc(CS(=O)(=O)CC(O)COc2ccc(F)cc2)c1. The summed E-state index contributed by atoms with van der Waals surface area (Å²) in [5.74, 6) is -0.523. The summed E-state index contributed by atoms with van der Waals surface area (Å²) < 4.78 is 42.2. The van der Waals surface area contributed by atoms with E-state index >= 15 is 0 Å². The molecule has 1 unspecified atom stereocenters. The molecule has 0 aromatic heterocycles. The maximum atomic E-state index is 12.8. The van der Waals surface area contributed by atoms with Crippen LogP contribution in [0.1, 0.15) is 11.1 Å². The van der Waals surface area contributed by atoms with Gasteiger partial charge < -0.3 is 9.84 Å². The molecule has 0 aliphatic carbocycles. The van der Waals surface area contributed by atoms with Gasteiger partial charge in [0, 0.05) is 0 Å². The normalized spacial score (nSPS) is 12.8. The molecule has 124 valence electrons. The molecule has 0 amide bonds. The summed E-state index contributed by atoms with van der Waals surface area (Å²) in [6.07, 6.45) is -1.14. The lowest BCUT2D eigenvalue weighted by Crippen LogP contribution is -2.27. The van der Waals surface area contributed by atoms with Crippen molar-refractivity contribution in [2.45, 2.75) is 18.8 Å². The summed E-state index contributed by atoms with van der Waals surface area (Å²) in [6.45, 7) is 1.72. The van der Waals surface area contributed by atoms with E-state index in [1.807, 2.05) is 13.0 Å². The van der Waals surface area contributed by atoms with Gasteiger partial charge in [0.05, 0.1) is 11.5 Å². The third-order valence-corrected chi connectivity index (χ3v) is 4.84. The molecule has 0 saturated carbocycles. The Morgan fingerprint density at radius 1 is 1.17 bits per heavy atom. The van der Waals surface area contributed by atoms with Crippen LogP contribution in [0.25, 0.3) is 0 Å². The van der Waals surface area contributed by atoms with Gasteiger partial charge in [-0.3, -0.25) is 0 Å². The van der Waals surface area contributed by atoms with Crippen molar-refractivity contribution in [2.75, 3.05) is 12.4 Å². The highest BCUT2D eigenvalue weighted by atomic mass is 32.2. The standard InChI is InChI=1S/C17H19FO4S/c1-13-3-2-4-14(9-13)11-23(20,21)12-16(19)10-22-17-7-5-15(18)6-8-17/h2-9,16,19H,10-12H2,1H3. The van der Waals surface area contributed by atoms with Crippen molar-refractivity contribution in [3.63, 3.8) is 0 Å². The van der Waals surface area contributed by atoms with E-state index in [1.165, 1.54) is 24.3 Å². The largest absolute Gasteiger partial charge is 0.491 e. The number of aryl methyl sites for hydroxylation is 1. The van der Waals surface area contributed by atoms with Gasteiger partial charge >= 0.3 is 0 Å². The molecular weight excluding hydrogens is 319 g/mol. The summed E-state index contributed by atoms with van der Waals surface area (Å²) in [4.78, 5) is 0. The highest BCUT2D eigenvalue weighted by Gasteiger charge is 2.18. The molecule has 2 aromatic rings. The predicted octanol–water partition coefficient (Wildman–Crippen LogP) is 2.49. The molecule has 0 spiro atoms. The first-order chi connectivity index (χ1) is 10.8. The van der Waals surface area contributed by atoms with E-state index in [2.05, 4.69) is 0 Å². The van der Waals surface area contributed by atoms with E-state index in [-0.39, 0.29) is 18.1 Å². The number of aliphatic hydroxyl groups is 1. The average Bonchev–Trinajstić information content (AvgIpc) is 2.45. The molecule has 0 fully saturated rings. The van der Waals surface area contributed by atoms with Crippen molar-refractivity contribution in [1.82, 2.24) is 0 Å². The Kier molecular flexibility index (Phi) is 5.74. The van der Waals surface area contributed by atoms with E-state index in [0.717, 1.165) is 5.56 Å². The number of rotatable bonds is 7. The van der Waals surface area contributed by atoms with Crippen LogP contribution in [0.15, 0.2) is 48.5 Å². The van der Waals surface area contributed by atoms with Crippen LogP contribution in [0.5, 0.6) is 5.75 Å². The zero-order valence-corrected chi connectivity index (χ0v) is 13.6. The van der Waals surface area contributed by atoms with Crippen molar-refractivity contribution >= 4 is 9.84 Å². The number of ether oxygens (including phenoxy) is 1. The summed E-state index contributed by atoms with van der Waals surface area (Å²) in [7, 11) is -3.45. The molecule has 2 aromatic carbocycles. The third-order valence-electron chi connectivity index (χ3n) is 3.17. The second-order valence-corrected chi connectivity index (χ2v) is 7.57. The summed E-state index contributed by atoms with van der Waals surface area (Å²) in [6, 6.07) is 12.5. The van der Waals surface area contributed by atoms with Crippen molar-refractivity contribution in [3.05, 3.63) is 65.5 Å². The molecule has 1 N–H and O–H groups in total. The van der Waals surface area contributed by atoms with Gasteiger partial charge in [-0.2, -0.15) is 0 Å². The summed E-state index contributed by atoms with van der Waals surface area (Å²) in [5.41, 5.74) is 1.68. The molecule has 0 aliphatic heterocycles. The lowest BCUT2D eigenvalue weighted by Gasteiger charge is -2.13. The number of benzene rings is 2. The van der Waals surface area contributed by atoms with Crippen molar-refractivity contribution in [1.29, 1.82) is 0 Å². The molecular formula is C17H19FO4S. The number of hydrogen-bond acceptors (Lipinski definition) is 4. The first-order valence-electron chi connectivity index (χ1n) is 7.16. The van der Waals surface area contributed by atoms with E-state index in [1.54, 1.807) is 18.2 Å². The highest BCUT2D eigenvalue weighted by Crippen LogP contribution is 2.13. The van der Waals surface area contributed by atoms with Crippen molar-refractivity contribution < 1.29 is 22.7 Å². The van der Waals surface area contributed by atoms with Gasteiger partial charge in [-0.25, -0.2) is 12.8 Å². The van der Waals surface area contributed by atoms with Crippen molar-refractivity contribution in [3.8, 4) is 5.75 Å². The Labute approximate surface area is 135 Å². The molecule has 4 nitrogen and oxygen atoms in total. The molecule has 0 radical (unpaired) electrons. The van der Waals surface area contributed by atoms with E-state index < -0.39 is 21.8 Å². The Morgan fingerprint density at radius 2 is 1.87 bits per heavy atom. The molecule has 0 bridgehead atoms. The van der Waals surface area contributed by atoms with Gasteiger partial charge in [-0.15, -0.1) is 0 Å². The second-order valence-electron chi connectivity index (χ2n) is 5.46. The fourth-order valence-corrected chi connectivity index (χ4v) is 3.67. The Morgan fingerprint density at radius 3 is 2.52 bits per heavy atom. The smallest absolute Gasteiger partial charge is 0.157 e. The topological polar surface area (TPSA) is 63.6 Å². The van der Waals surface area contributed by atoms with Gasteiger partial charge in [-0.1, -0.05) is 29.8 Å². The molecule has 2 rings (SSSR count). The van der Waals surface area contributed by atoms with Gasteiger partial charge in [-0.05, 0) is 36.8 Å². The van der Waals surface area contributed by atoms with Crippen LogP contribution in [0, 0.1) is 12.7 Å². The number of sulfone groups is 1.